The van der Waals surface area contributed by atoms with Gasteiger partial charge in [-0.15, -0.1) is 0 Å². The summed E-state index contributed by atoms with van der Waals surface area (Å²) in [6.07, 6.45) is 5.31. The molecule has 1 aliphatic rings. The van der Waals surface area contributed by atoms with E-state index in [1.165, 1.54) is 18.5 Å². The number of nitrogens with zero attached hydrogens (tertiary/aromatic N) is 2. The van der Waals surface area contributed by atoms with E-state index in [0.717, 1.165) is 66.7 Å². The molecule has 14 heteroatoms. The summed E-state index contributed by atoms with van der Waals surface area (Å²) in [4.78, 5) is 17.8. The lowest BCUT2D eigenvalue weighted by Crippen LogP contribution is -2.39. The molecule has 0 radical (unpaired) electrons. The molecule has 0 amide bonds. The molecular formula is C38H44ClN3O9S. The average molecular weight is 754 g/mol. The number of aliphatic hydroxyl groups is 2. The normalized spacial score (nSPS) is 15.4. The molecule has 0 unspecified atom stereocenters. The fourth-order valence-corrected chi connectivity index (χ4v) is 6.74. The largest absolute Gasteiger partial charge is 0.494 e. The van der Waals surface area contributed by atoms with Crippen molar-refractivity contribution >= 4 is 27.4 Å². The van der Waals surface area contributed by atoms with Gasteiger partial charge in [-0.25, -0.2) is 8.42 Å². The molecule has 0 bridgehead atoms. The van der Waals surface area contributed by atoms with Crippen LogP contribution in [0.1, 0.15) is 35.1 Å². The van der Waals surface area contributed by atoms with E-state index in [4.69, 9.17) is 25.8 Å². The highest BCUT2D eigenvalue weighted by atomic mass is 35.5. The number of carboxylic acids is 1. The van der Waals surface area contributed by atoms with Gasteiger partial charge in [-0.05, 0) is 66.3 Å². The number of carbonyl (C=O) groups is 1. The van der Waals surface area contributed by atoms with Crippen molar-refractivity contribution in [1.82, 2.24) is 15.2 Å². The highest BCUT2D eigenvalue weighted by Gasteiger charge is 2.20. The van der Waals surface area contributed by atoms with Crippen LogP contribution >= 0.6 is 11.6 Å². The number of hydrogen-bond donors (Lipinski definition) is 4. The Balaban J connectivity index is 1.30. The minimum atomic E-state index is -3.49. The van der Waals surface area contributed by atoms with E-state index in [0.29, 0.717) is 29.2 Å². The Labute approximate surface area is 308 Å². The number of carboxylic acid groups (broad SMARTS) is 1. The molecule has 1 aliphatic heterocycles. The van der Waals surface area contributed by atoms with Crippen LogP contribution in [0.3, 0.4) is 0 Å². The fourth-order valence-electron chi connectivity index (χ4n) is 5.88. The minimum Gasteiger partial charge on any atom is -0.494 e. The lowest BCUT2D eigenvalue weighted by atomic mass is 9.96. The van der Waals surface area contributed by atoms with Gasteiger partial charge < -0.3 is 34.4 Å². The van der Waals surface area contributed by atoms with E-state index in [2.05, 4.69) is 15.2 Å². The topological polar surface area (TPSA) is 168 Å². The van der Waals surface area contributed by atoms with E-state index in [1.807, 2.05) is 49.4 Å². The Bertz CT molecular complexity index is 1960. The third kappa shape index (κ3) is 10.7. The standard InChI is InChI=1S/C38H44ClN3O9S/c1-25-28(7-4-9-33(25)27-6-3-8-31(15-27)49-13-5-11-42-12-10-30(44)21-42)24-51-37-17-36(29(16-34(37)39)19-41-35(22-43)38(45)46)50-23-26-14-32(20-40-18-26)52(2,47)48/h3-4,6-9,14-18,20,30,35,41,43-44H,5,10-13,19,21-24H2,1-2H3,(H,45,46)/t30-,35-/m1/s1. The van der Waals surface area contributed by atoms with Crippen molar-refractivity contribution in [1.29, 1.82) is 0 Å². The van der Waals surface area contributed by atoms with Crippen LogP contribution in [-0.4, -0.2) is 90.8 Å². The van der Waals surface area contributed by atoms with Crippen LogP contribution in [0.2, 0.25) is 5.02 Å². The molecule has 2 heterocycles. The molecule has 1 fully saturated rings. The number of benzene rings is 3. The molecule has 5 rings (SSSR count). The van der Waals surface area contributed by atoms with E-state index in [-0.39, 0.29) is 35.8 Å². The summed E-state index contributed by atoms with van der Waals surface area (Å²) in [6.45, 7) is 4.66. The number of rotatable bonds is 18. The van der Waals surface area contributed by atoms with Gasteiger partial charge in [0.15, 0.2) is 9.84 Å². The first-order chi connectivity index (χ1) is 24.9. The van der Waals surface area contributed by atoms with E-state index >= 15 is 0 Å². The van der Waals surface area contributed by atoms with Crippen molar-refractivity contribution in [3.05, 3.63) is 100 Å². The second-order valence-corrected chi connectivity index (χ2v) is 15.2. The third-order valence-corrected chi connectivity index (χ3v) is 10.2. The van der Waals surface area contributed by atoms with Crippen LogP contribution in [0, 0.1) is 6.92 Å². The van der Waals surface area contributed by atoms with E-state index in [9.17, 15) is 28.5 Å². The lowest BCUT2D eigenvalue weighted by Gasteiger charge is -2.18. The SMILES string of the molecule is Cc1c(COc2cc(OCc3cncc(S(C)(=O)=O)c3)c(CN[C@H](CO)C(=O)O)cc2Cl)cccc1-c1cccc(OCCCN2CC[C@@H](O)C2)c1. The van der Waals surface area contributed by atoms with Crippen LogP contribution < -0.4 is 19.5 Å². The molecule has 2 atom stereocenters. The van der Waals surface area contributed by atoms with Gasteiger partial charge in [-0.1, -0.05) is 41.9 Å². The fraction of sp³-hybridized carbons (Fsp3) is 0.368. The number of aliphatic hydroxyl groups excluding tert-OH is 2. The predicted molar refractivity (Wildman–Crippen MR) is 197 cm³/mol. The number of aromatic nitrogens is 1. The minimum absolute atomic E-state index is 0.000991. The van der Waals surface area contributed by atoms with Gasteiger partial charge in [0.05, 0.1) is 29.2 Å². The van der Waals surface area contributed by atoms with Crippen LogP contribution in [0.5, 0.6) is 17.2 Å². The highest BCUT2D eigenvalue weighted by molar-refractivity contribution is 7.90. The number of halogens is 1. The number of β-amino-alcohol motifs (C(OH)–C–C–N with tert-alkyl or cyclic N) is 1. The molecule has 52 heavy (non-hydrogen) atoms. The molecule has 1 aromatic heterocycles. The summed E-state index contributed by atoms with van der Waals surface area (Å²) in [5.74, 6) is 0.205. The maximum atomic E-state index is 12.1. The first kappa shape index (κ1) is 39.0. The first-order valence-corrected chi connectivity index (χ1v) is 19.2. The van der Waals surface area contributed by atoms with Gasteiger partial charge in [0.25, 0.3) is 0 Å². The zero-order chi connectivity index (χ0) is 37.3. The van der Waals surface area contributed by atoms with Crippen LogP contribution in [0.15, 0.2) is 78.0 Å². The van der Waals surface area contributed by atoms with E-state index < -0.39 is 28.5 Å². The Morgan fingerprint density at radius 2 is 1.83 bits per heavy atom. The van der Waals surface area contributed by atoms with E-state index in [1.54, 1.807) is 12.1 Å². The quantitative estimate of drug-likeness (QED) is 0.104. The Kier molecular flexibility index (Phi) is 13.5. The molecule has 0 saturated carbocycles. The summed E-state index contributed by atoms with van der Waals surface area (Å²) in [6, 6.07) is 17.4. The molecule has 278 valence electrons. The highest BCUT2D eigenvalue weighted by Crippen LogP contribution is 2.35. The molecule has 4 N–H and O–H groups in total. The number of ether oxygens (including phenoxy) is 3. The maximum absolute atomic E-state index is 12.1. The van der Waals surface area contributed by atoms with Gasteiger partial charge >= 0.3 is 5.97 Å². The molecule has 0 spiro atoms. The monoisotopic (exact) mass is 753 g/mol. The van der Waals surface area contributed by atoms with Gasteiger partial charge in [-0.3, -0.25) is 15.1 Å². The smallest absolute Gasteiger partial charge is 0.323 e. The van der Waals surface area contributed by atoms with Gasteiger partial charge in [0.2, 0.25) is 0 Å². The summed E-state index contributed by atoms with van der Waals surface area (Å²) >= 11 is 6.67. The van der Waals surface area contributed by atoms with Crippen molar-refractivity contribution in [2.24, 2.45) is 0 Å². The number of aliphatic carboxylic acids is 1. The third-order valence-electron chi connectivity index (χ3n) is 8.84. The van der Waals surface area contributed by atoms with Gasteiger partial charge in [-0.2, -0.15) is 0 Å². The molecule has 4 aromatic rings. The van der Waals surface area contributed by atoms with Gasteiger partial charge in [0.1, 0.15) is 36.5 Å². The Morgan fingerprint density at radius 3 is 2.56 bits per heavy atom. The first-order valence-electron chi connectivity index (χ1n) is 16.9. The number of pyridine rings is 1. The summed E-state index contributed by atoms with van der Waals surface area (Å²) in [7, 11) is -3.49. The van der Waals surface area contributed by atoms with Crippen molar-refractivity contribution in [2.75, 3.05) is 39.1 Å². The van der Waals surface area contributed by atoms with Crippen LogP contribution in [-0.2, 0) is 34.4 Å². The van der Waals surface area contributed by atoms with Crippen LogP contribution in [0.4, 0.5) is 0 Å². The second-order valence-electron chi connectivity index (χ2n) is 12.8. The zero-order valence-electron chi connectivity index (χ0n) is 29.1. The maximum Gasteiger partial charge on any atom is 0.323 e. The number of likely N-dealkylation sites (tertiary alicyclic amines) is 1. The average Bonchev–Trinajstić information content (AvgIpc) is 3.54. The van der Waals surface area contributed by atoms with Crippen molar-refractivity contribution < 1.29 is 42.7 Å². The second kappa shape index (κ2) is 18.0. The Hall–Kier alpha value is -4.24. The van der Waals surface area contributed by atoms with Crippen molar-refractivity contribution in [2.45, 2.75) is 56.6 Å². The lowest BCUT2D eigenvalue weighted by molar-refractivity contribution is -0.140. The van der Waals surface area contributed by atoms with Crippen molar-refractivity contribution in [3.63, 3.8) is 0 Å². The Morgan fingerprint density at radius 1 is 1.04 bits per heavy atom. The number of nitrogens with one attached hydrogen (secondary N) is 1. The molecular weight excluding hydrogens is 710 g/mol. The van der Waals surface area contributed by atoms with Crippen molar-refractivity contribution in [3.8, 4) is 28.4 Å². The summed E-state index contributed by atoms with van der Waals surface area (Å²) < 4.78 is 42.5. The summed E-state index contributed by atoms with van der Waals surface area (Å²) in [5.41, 5.74) is 4.97. The molecule has 12 nitrogen and oxygen atoms in total. The molecule has 3 aromatic carbocycles. The molecule has 1 saturated heterocycles. The predicted octanol–water partition coefficient (Wildman–Crippen LogP) is 4.64. The number of sulfone groups is 1. The molecule has 0 aliphatic carbocycles. The van der Waals surface area contributed by atoms with Crippen LogP contribution in [0.25, 0.3) is 11.1 Å². The zero-order valence-corrected chi connectivity index (χ0v) is 30.7. The summed E-state index contributed by atoms with van der Waals surface area (Å²) in [5, 5.41) is 31.7. The number of hydrogen-bond acceptors (Lipinski definition) is 11. The van der Waals surface area contributed by atoms with Gasteiger partial charge in [0, 0.05) is 62.0 Å².